The molecule has 2 heteroatoms. The predicted molar refractivity (Wildman–Crippen MR) is 63.0 cm³/mol. The van der Waals surface area contributed by atoms with Crippen LogP contribution in [-0.4, -0.2) is 11.8 Å². The molecule has 0 radical (unpaired) electrons. The lowest BCUT2D eigenvalue weighted by atomic mass is 10.1. The Morgan fingerprint density at radius 3 is 2.73 bits per heavy atom. The molecule has 0 saturated carbocycles. The first-order valence-corrected chi connectivity index (χ1v) is 5.49. The largest absolute Gasteiger partial charge is 0.310 e. The lowest BCUT2D eigenvalue weighted by molar-refractivity contribution is 0.0988. The molecule has 0 aliphatic rings. The third-order valence-electron chi connectivity index (χ3n) is 2.28. The molecule has 0 bridgehead atoms. The molecule has 0 spiro atoms. The van der Waals surface area contributed by atoms with Crippen molar-refractivity contribution in [1.29, 1.82) is 0 Å². The van der Waals surface area contributed by atoms with Gasteiger partial charge in [0.25, 0.3) is 0 Å². The van der Waals surface area contributed by atoms with Crippen molar-refractivity contribution in [3.05, 3.63) is 35.4 Å². The standard InChI is InChI=1S/C13H19NO/c1-4-13(15)12-7-5-6-11(8-12)9-14-10(2)3/h5-8,10,14H,4,9H2,1-3H3. The topological polar surface area (TPSA) is 29.1 Å². The van der Waals surface area contributed by atoms with Crippen molar-refractivity contribution >= 4 is 5.78 Å². The van der Waals surface area contributed by atoms with E-state index in [2.05, 4.69) is 19.2 Å². The molecule has 0 aliphatic carbocycles. The van der Waals surface area contributed by atoms with E-state index in [1.54, 1.807) is 0 Å². The number of rotatable bonds is 5. The average Bonchev–Trinajstić information content (AvgIpc) is 2.25. The molecule has 0 aromatic heterocycles. The molecule has 0 atom stereocenters. The summed E-state index contributed by atoms with van der Waals surface area (Å²) in [5, 5.41) is 3.33. The van der Waals surface area contributed by atoms with Crippen LogP contribution >= 0.6 is 0 Å². The Labute approximate surface area is 91.7 Å². The van der Waals surface area contributed by atoms with Crippen molar-refractivity contribution in [3.63, 3.8) is 0 Å². The first-order chi connectivity index (χ1) is 7.13. The Balaban J connectivity index is 2.70. The van der Waals surface area contributed by atoms with Gasteiger partial charge in [-0.25, -0.2) is 0 Å². The Morgan fingerprint density at radius 2 is 2.13 bits per heavy atom. The van der Waals surface area contributed by atoms with E-state index in [-0.39, 0.29) is 5.78 Å². The summed E-state index contributed by atoms with van der Waals surface area (Å²) in [5.74, 6) is 0.210. The van der Waals surface area contributed by atoms with Crippen LogP contribution in [0.25, 0.3) is 0 Å². The van der Waals surface area contributed by atoms with Crippen molar-refractivity contribution in [2.75, 3.05) is 0 Å². The second-order valence-electron chi connectivity index (χ2n) is 4.01. The first kappa shape index (κ1) is 11.9. The van der Waals surface area contributed by atoms with Gasteiger partial charge in [0.1, 0.15) is 0 Å². The van der Waals surface area contributed by atoms with Gasteiger partial charge in [-0.1, -0.05) is 39.0 Å². The van der Waals surface area contributed by atoms with Gasteiger partial charge in [0.2, 0.25) is 0 Å². The lowest BCUT2D eigenvalue weighted by Gasteiger charge is -2.08. The van der Waals surface area contributed by atoms with Gasteiger partial charge in [-0.15, -0.1) is 0 Å². The van der Waals surface area contributed by atoms with Crippen molar-refractivity contribution < 1.29 is 4.79 Å². The molecule has 15 heavy (non-hydrogen) atoms. The Hall–Kier alpha value is -1.15. The molecule has 0 heterocycles. The molecule has 0 amide bonds. The highest BCUT2D eigenvalue weighted by Gasteiger charge is 2.03. The Kier molecular flexibility index (Phi) is 4.50. The van der Waals surface area contributed by atoms with Gasteiger partial charge in [-0.05, 0) is 11.6 Å². The number of hydrogen-bond acceptors (Lipinski definition) is 2. The molecular weight excluding hydrogens is 186 g/mol. The summed E-state index contributed by atoms with van der Waals surface area (Å²) in [6, 6.07) is 8.31. The molecule has 0 unspecified atom stereocenters. The fourth-order valence-electron chi connectivity index (χ4n) is 1.38. The monoisotopic (exact) mass is 205 g/mol. The van der Waals surface area contributed by atoms with Crippen LogP contribution in [0.1, 0.15) is 43.1 Å². The van der Waals surface area contributed by atoms with Crippen LogP contribution in [0.3, 0.4) is 0 Å². The lowest BCUT2D eigenvalue weighted by Crippen LogP contribution is -2.21. The maximum absolute atomic E-state index is 11.5. The molecular formula is C13H19NO. The predicted octanol–water partition coefficient (Wildman–Crippen LogP) is 2.78. The summed E-state index contributed by atoms with van der Waals surface area (Å²) in [5.41, 5.74) is 1.99. The molecule has 82 valence electrons. The summed E-state index contributed by atoms with van der Waals surface area (Å²) in [4.78, 5) is 11.5. The minimum absolute atomic E-state index is 0.210. The highest BCUT2D eigenvalue weighted by molar-refractivity contribution is 5.95. The highest BCUT2D eigenvalue weighted by atomic mass is 16.1. The van der Waals surface area contributed by atoms with E-state index >= 15 is 0 Å². The normalized spacial score (nSPS) is 10.7. The highest BCUT2D eigenvalue weighted by Crippen LogP contribution is 2.07. The van der Waals surface area contributed by atoms with Gasteiger partial charge in [-0.3, -0.25) is 4.79 Å². The van der Waals surface area contributed by atoms with Crippen LogP contribution in [0.5, 0.6) is 0 Å². The maximum Gasteiger partial charge on any atom is 0.162 e. The third-order valence-corrected chi connectivity index (χ3v) is 2.28. The molecule has 0 saturated heterocycles. The van der Waals surface area contributed by atoms with E-state index < -0.39 is 0 Å². The van der Waals surface area contributed by atoms with Gasteiger partial charge >= 0.3 is 0 Å². The summed E-state index contributed by atoms with van der Waals surface area (Å²) >= 11 is 0. The van der Waals surface area contributed by atoms with E-state index in [0.717, 1.165) is 12.1 Å². The second kappa shape index (κ2) is 5.66. The van der Waals surface area contributed by atoms with Crippen LogP contribution in [0, 0.1) is 0 Å². The van der Waals surface area contributed by atoms with Crippen LogP contribution in [0.15, 0.2) is 24.3 Å². The fourth-order valence-corrected chi connectivity index (χ4v) is 1.38. The van der Waals surface area contributed by atoms with Gasteiger partial charge in [-0.2, -0.15) is 0 Å². The van der Waals surface area contributed by atoms with E-state index in [0.29, 0.717) is 12.5 Å². The van der Waals surface area contributed by atoms with E-state index in [1.807, 2.05) is 31.2 Å². The zero-order valence-electron chi connectivity index (χ0n) is 9.71. The molecule has 1 rings (SSSR count). The molecule has 1 aromatic carbocycles. The fraction of sp³-hybridized carbons (Fsp3) is 0.462. The van der Waals surface area contributed by atoms with Gasteiger partial charge in [0, 0.05) is 24.6 Å². The maximum atomic E-state index is 11.5. The van der Waals surface area contributed by atoms with E-state index in [9.17, 15) is 4.79 Å². The number of carbonyl (C=O) groups is 1. The van der Waals surface area contributed by atoms with Crippen molar-refractivity contribution in [1.82, 2.24) is 5.32 Å². The second-order valence-corrected chi connectivity index (χ2v) is 4.01. The average molecular weight is 205 g/mol. The van der Waals surface area contributed by atoms with Crippen LogP contribution in [0.2, 0.25) is 0 Å². The van der Waals surface area contributed by atoms with Gasteiger partial charge < -0.3 is 5.32 Å². The summed E-state index contributed by atoms with van der Waals surface area (Å²) < 4.78 is 0. The van der Waals surface area contributed by atoms with E-state index in [4.69, 9.17) is 0 Å². The number of ketones is 1. The Bertz CT molecular complexity index is 331. The summed E-state index contributed by atoms with van der Waals surface area (Å²) in [6.07, 6.45) is 0.570. The quantitative estimate of drug-likeness (QED) is 0.749. The summed E-state index contributed by atoms with van der Waals surface area (Å²) in [7, 11) is 0. The number of benzene rings is 1. The van der Waals surface area contributed by atoms with Crippen LogP contribution < -0.4 is 5.32 Å². The van der Waals surface area contributed by atoms with Crippen molar-refractivity contribution in [3.8, 4) is 0 Å². The van der Waals surface area contributed by atoms with Gasteiger partial charge in [0.15, 0.2) is 5.78 Å². The molecule has 2 nitrogen and oxygen atoms in total. The zero-order valence-corrected chi connectivity index (χ0v) is 9.71. The molecule has 1 aromatic rings. The van der Waals surface area contributed by atoms with E-state index in [1.165, 1.54) is 5.56 Å². The minimum atomic E-state index is 0.210. The number of nitrogens with one attached hydrogen (secondary N) is 1. The zero-order chi connectivity index (χ0) is 11.3. The van der Waals surface area contributed by atoms with Gasteiger partial charge in [0.05, 0.1) is 0 Å². The van der Waals surface area contributed by atoms with Crippen LogP contribution in [0.4, 0.5) is 0 Å². The first-order valence-electron chi connectivity index (χ1n) is 5.49. The SMILES string of the molecule is CCC(=O)c1cccc(CNC(C)C)c1. The third kappa shape index (κ3) is 3.84. The number of hydrogen-bond donors (Lipinski definition) is 1. The smallest absolute Gasteiger partial charge is 0.162 e. The molecule has 0 fully saturated rings. The Morgan fingerprint density at radius 1 is 1.40 bits per heavy atom. The van der Waals surface area contributed by atoms with Crippen molar-refractivity contribution in [2.45, 2.75) is 39.8 Å². The molecule has 1 N–H and O–H groups in total. The van der Waals surface area contributed by atoms with Crippen molar-refractivity contribution in [2.24, 2.45) is 0 Å². The van der Waals surface area contributed by atoms with Crippen LogP contribution in [-0.2, 0) is 6.54 Å². The molecule has 0 aliphatic heterocycles. The number of carbonyl (C=O) groups excluding carboxylic acids is 1. The minimum Gasteiger partial charge on any atom is -0.310 e. The number of Topliss-reactive ketones (excluding diaryl/α,β-unsaturated/α-hetero) is 1. The summed E-state index contributed by atoms with van der Waals surface area (Å²) in [6.45, 7) is 6.94.